The fourth-order valence-corrected chi connectivity index (χ4v) is 2.39. The minimum absolute atomic E-state index is 0.00155. The summed E-state index contributed by atoms with van der Waals surface area (Å²) in [5.74, 6) is -1.68. The van der Waals surface area contributed by atoms with Gasteiger partial charge in [-0.1, -0.05) is 11.6 Å². The molecule has 22 heavy (non-hydrogen) atoms. The van der Waals surface area contributed by atoms with Gasteiger partial charge in [0.2, 0.25) is 0 Å². The molecule has 0 aliphatic heterocycles. The zero-order valence-electron chi connectivity index (χ0n) is 11.1. The van der Waals surface area contributed by atoms with Crippen LogP contribution in [0.15, 0.2) is 29.5 Å². The number of benzene rings is 1. The summed E-state index contributed by atoms with van der Waals surface area (Å²) in [6.07, 6.45) is -3.80. The van der Waals surface area contributed by atoms with E-state index < -0.39 is 28.5 Å². The fraction of sp³-hybridized carbons (Fsp3) is 0.286. The SMILES string of the molecule is O=C1CCCC(O)=C1C(=O)Nc1ccc(C(F)(F)F)c(Cl)c1. The van der Waals surface area contributed by atoms with Crippen LogP contribution in [-0.4, -0.2) is 16.8 Å². The monoisotopic (exact) mass is 333 g/mol. The van der Waals surface area contributed by atoms with Crippen LogP contribution in [0.25, 0.3) is 0 Å². The Balaban J connectivity index is 2.23. The molecule has 0 atom stereocenters. The van der Waals surface area contributed by atoms with E-state index in [1.54, 1.807) is 0 Å². The first kappa shape index (κ1) is 16.4. The number of hydrogen-bond donors (Lipinski definition) is 2. The Morgan fingerprint density at radius 2 is 1.95 bits per heavy atom. The van der Waals surface area contributed by atoms with E-state index in [-0.39, 0.29) is 29.9 Å². The number of carbonyl (C=O) groups excluding carboxylic acids is 2. The molecule has 0 bridgehead atoms. The topological polar surface area (TPSA) is 66.4 Å². The summed E-state index contributed by atoms with van der Waals surface area (Å²) in [7, 11) is 0. The van der Waals surface area contributed by atoms with Gasteiger partial charge in [0.1, 0.15) is 11.3 Å². The zero-order valence-corrected chi connectivity index (χ0v) is 11.9. The standard InChI is InChI=1S/C14H11ClF3NO3/c15-9-6-7(4-5-8(9)14(16,17)18)19-13(22)12-10(20)2-1-3-11(12)21/h4-6,20H,1-3H2,(H,19,22). The van der Waals surface area contributed by atoms with Crippen molar-refractivity contribution in [1.82, 2.24) is 0 Å². The average Bonchev–Trinajstić information content (AvgIpc) is 2.36. The maximum atomic E-state index is 12.6. The van der Waals surface area contributed by atoms with Crippen LogP contribution in [0, 0.1) is 0 Å². The van der Waals surface area contributed by atoms with Crippen molar-refractivity contribution in [3.05, 3.63) is 40.1 Å². The van der Waals surface area contributed by atoms with E-state index in [9.17, 15) is 27.9 Å². The molecule has 0 aromatic heterocycles. The van der Waals surface area contributed by atoms with Gasteiger partial charge in [-0.05, 0) is 24.6 Å². The van der Waals surface area contributed by atoms with E-state index in [0.29, 0.717) is 6.42 Å². The van der Waals surface area contributed by atoms with Gasteiger partial charge < -0.3 is 10.4 Å². The first-order valence-electron chi connectivity index (χ1n) is 6.33. The summed E-state index contributed by atoms with van der Waals surface area (Å²) in [4.78, 5) is 23.6. The van der Waals surface area contributed by atoms with Crippen molar-refractivity contribution in [2.75, 3.05) is 5.32 Å². The van der Waals surface area contributed by atoms with Crippen molar-refractivity contribution in [2.45, 2.75) is 25.4 Å². The predicted octanol–water partition coefficient (Wildman–Crippen LogP) is 3.86. The Morgan fingerprint density at radius 3 is 2.50 bits per heavy atom. The number of aliphatic hydroxyl groups is 1. The largest absolute Gasteiger partial charge is 0.511 e. The number of nitrogens with one attached hydrogen (secondary N) is 1. The minimum atomic E-state index is -4.60. The van der Waals surface area contributed by atoms with E-state index in [1.807, 2.05) is 0 Å². The van der Waals surface area contributed by atoms with Gasteiger partial charge in [0, 0.05) is 18.5 Å². The Labute approximate surface area is 128 Å². The van der Waals surface area contributed by atoms with Crippen LogP contribution >= 0.6 is 11.6 Å². The average molecular weight is 334 g/mol. The van der Waals surface area contributed by atoms with Crippen LogP contribution in [0.2, 0.25) is 5.02 Å². The molecule has 0 fully saturated rings. The molecule has 2 rings (SSSR count). The second-order valence-electron chi connectivity index (χ2n) is 4.74. The summed E-state index contributed by atoms with van der Waals surface area (Å²) in [6, 6.07) is 2.69. The minimum Gasteiger partial charge on any atom is -0.511 e. The highest BCUT2D eigenvalue weighted by Crippen LogP contribution is 2.36. The van der Waals surface area contributed by atoms with Gasteiger partial charge in [0.15, 0.2) is 5.78 Å². The van der Waals surface area contributed by atoms with Crippen molar-refractivity contribution in [3.8, 4) is 0 Å². The number of halogens is 4. The summed E-state index contributed by atoms with van der Waals surface area (Å²) in [6.45, 7) is 0. The van der Waals surface area contributed by atoms with E-state index in [2.05, 4.69) is 5.32 Å². The first-order chi connectivity index (χ1) is 10.2. The molecule has 0 heterocycles. The van der Waals surface area contributed by atoms with E-state index in [0.717, 1.165) is 18.2 Å². The number of Topliss-reactive ketones (excluding diaryl/α,β-unsaturated/α-hetero) is 1. The van der Waals surface area contributed by atoms with Crippen molar-refractivity contribution >= 4 is 29.0 Å². The normalized spacial score (nSPS) is 15.9. The number of rotatable bonds is 2. The molecule has 2 N–H and O–H groups in total. The molecule has 4 nitrogen and oxygen atoms in total. The Bertz CT molecular complexity index is 668. The van der Waals surface area contributed by atoms with Crippen LogP contribution in [0.5, 0.6) is 0 Å². The van der Waals surface area contributed by atoms with E-state index in [1.165, 1.54) is 0 Å². The number of aliphatic hydroxyl groups excluding tert-OH is 1. The summed E-state index contributed by atoms with van der Waals surface area (Å²) >= 11 is 5.54. The molecular formula is C14H11ClF3NO3. The third kappa shape index (κ3) is 3.41. The molecule has 0 spiro atoms. The number of anilines is 1. The predicted molar refractivity (Wildman–Crippen MR) is 73.6 cm³/mol. The van der Waals surface area contributed by atoms with Gasteiger partial charge in [0.25, 0.3) is 5.91 Å². The molecule has 8 heteroatoms. The van der Waals surface area contributed by atoms with Crippen LogP contribution < -0.4 is 5.32 Å². The summed E-state index contributed by atoms with van der Waals surface area (Å²) in [5.41, 5.74) is -1.38. The second kappa shape index (κ2) is 6.00. The Hall–Kier alpha value is -2.02. The lowest BCUT2D eigenvalue weighted by Crippen LogP contribution is -2.25. The van der Waals surface area contributed by atoms with E-state index in [4.69, 9.17) is 11.6 Å². The molecule has 1 aliphatic rings. The lowest BCUT2D eigenvalue weighted by atomic mass is 9.95. The molecule has 0 saturated carbocycles. The summed E-state index contributed by atoms with van der Waals surface area (Å²) in [5, 5.41) is 11.3. The van der Waals surface area contributed by atoms with Crippen LogP contribution in [-0.2, 0) is 15.8 Å². The number of hydrogen-bond acceptors (Lipinski definition) is 3. The van der Waals surface area contributed by atoms with Gasteiger partial charge in [0.05, 0.1) is 10.6 Å². The molecule has 1 aliphatic carbocycles. The smallest absolute Gasteiger partial charge is 0.417 e. The highest BCUT2D eigenvalue weighted by molar-refractivity contribution is 6.32. The third-order valence-corrected chi connectivity index (χ3v) is 3.46. The molecular weight excluding hydrogens is 323 g/mol. The maximum Gasteiger partial charge on any atom is 0.417 e. The highest BCUT2D eigenvalue weighted by Gasteiger charge is 2.33. The molecule has 0 saturated heterocycles. The Morgan fingerprint density at radius 1 is 1.27 bits per heavy atom. The number of alkyl halides is 3. The van der Waals surface area contributed by atoms with Gasteiger partial charge in [-0.15, -0.1) is 0 Å². The Kier molecular flexibility index (Phi) is 4.46. The van der Waals surface area contributed by atoms with Gasteiger partial charge in [-0.2, -0.15) is 13.2 Å². The van der Waals surface area contributed by atoms with Crippen molar-refractivity contribution < 1.29 is 27.9 Å². The second-order valence-corrected chi connectivity index (χ2v) is 5.15. The molecule has 0 unspecified atom stereocenters. The van der Waals surface area contributed by atoms with Crippen molar-refractivity contribution in [3.63, 3.8) is 0 Å². The van der Waals surface area contributed by atoms with Crippen LogP contribution in [0.1, 0.15) is 24.8 Å². The van der Waals surface area contributed by atoms with Crippen molar-refractivity contribution in [1.29, 1.82) is 0 Å². The highest BCUT2D eigenvalue weighted by atomic mass is 35.5. The number of carbonyl (C=O) groups is 2. The maximum absolute atomic E-state index is 12.6. The number of allylic oxidation sites excluding steroid dienone is 1. The number of ketones is 1. The van der Waals surface area contributed by atoms with Gasteiger partial charge >= 0.3 is 6.18 Å². The van der Waals surface area contributed by atoms with Gasteiger partial charge in [-0.25, -0.2) is 0 Å². The number of amides is 1. The molecule has 1 aromatic rings. The zero-order chi connectivity index (χ0) is 16.5. The first-order valence-corrected chi connectivity index (χ1v) is 6.71. The molecule has 118 valence electrons. The summed E-state index contributed by atoms with van der Waals surface area (Å²) < 4.78 is 37.7. The quantitative estimate of drug-likeness (QED) is 0.808. The lowest BCUT2D eigenvalue weighted by Gasteiger charge is -2.15. The lowest BCUT2D eigenvalue weighted by molar-refractivity contribution is -0.137. The molecule has 1 aromatic carbocycles. The van der Waals surface area contributed by atoms with Gasteiger partial charge in [-0.3, -0.25) is 9.59 Å². The third-order valence-electron chi connectivity index (χ3n) is 3.14. The fourth-order valence-electron chi connectivity index (χ4n) is 2.10. The van der Waals surface area contributed by atoms with E-state index >= 15 is 0 Å². The molecule has 0 radical (unpaired) electrons. The molecule has 1 amide bonds. The van der Waals surface area contributed by atoms with Crippen LogP contribution in [0.3, 0.4) is 0 Å². The van der Waals surface area contributed by atoms with Crippen LogP contribution in [0.4, 0.5) is 18.9 Å². The van der Waals surface area contributed by atoms with Crippen molar-refractivity contribution in [2.24, 2.45) is 0 Å².